The Kier molecular flexibility index (Phi) is 6.23. The van der Waals surface area contributed by atoms with Gasteiger partial charge in [0.05, 0.1) is 11.5 Å². The fourth-order valence-electron chi connectivity index (χ4n) is 2.95. The second kappa shape index (κ2) is 7.96. The smallest absolute Gasteiger partial charge is 0.314 e. The first-order chi connectivity index (χ1) is 10.9. The molecule has 2 N–H and O–H groups in total. The Balaban J connectivity index is 1.54. The summed E-state index contributed by atoms with van der Waals surface area (Å²) in [5.74, 6) is 0.544. The van der Waals surface area contributed by atoms with Crippen molar-refractivity contribution < 1.29 is 18.0 Å². The maximum absolute atomic E-state index is 11.7. The van der Waals surface area contributed by atoms with E-state index in [1.54, 1.807) is 6.92 Å². The summed E-state index contributed by atoms with van der Waals surface area (Å²) in [5, 5.41) is 5.52. The molecule has 1 atom stereocenters. The number of sulfone groups is 1. The number of nitrogens with one attached hydrogen (secondary N) is 2. The van der Waals surface area contributed by atoms with Crippen molar-refractivity contribution in [3.63, 3.8) is 0 Å². The molecule has 9 heteroatoms. The number of nitrogens with zero attached hydrogens (tertiary/aromatic N) is 2. The molecule has 2 saturated heterocycles. The Morgan fingerprint density at radius 1 is 1.13 bits per heavy atom. The molecule has 2 aliphatic rings. The van der Waals surface area contributed by atoms with Crippen molar-refractivity contribution >= 4 is 21.8 Å². The summed E-state index contributed by atoms with van der Waals surface area (Å²) in [6, 6.07) is -0.253. The third-order valence-corrected chi connectivity index (χ3v) is 6.25. The lowest BCUT2D eigenvalue weighted by Crippen LogP contribution is -2.50. The predicted octanol–water partition coefficient (Wildman–Crippen LogP) is -1.12. The first kappa shape index (κ1) is 18.0. The Morgan fingerprint density at radius 2 is 1.83 bits per heavy atom. The Morgan fingerprint density at radius 3 is 2.39 bits per heavy atom. The van der Waals surface area contributed by atoms with Crippen molar-refractivity contribution in [2.45, 2.75) is 13.3 Å². The van der Waals surface area contributed by atoms with Gasteiger partial charge in [0.1, 0.15) is 0 Å². The second-order valence-electron chi connectivity index (χ2n) is 6.25. The molecule has 0 saturated carbocycles. The van der Waals surface area contributed by atoms with Gasteiger partial charge in [0.25, 0.3) is 0 Å². The molecule has 0 spiro atoms. The lowest BCUT2D eigenvalue weighted by Gasteiger charge is -2.34. The minimum Gasteiger partial charge on any atom is -0.340 e. The van der Waals surface area contributed by atoms with Crippen LogP contribution in [0.2, 0.25) is 0 Å². The summed E-state index contributed by atoms with van der Waals surface area (Å²) in [6.45, 7) is 6.38. The monoisotopic (exact) mass is 346 g/mol. The zero-order valence-corrected chi connectivity index (χ0v) is 14.4. The van der Waals surface area contributed by atoms with Crippen LogP contribution in [-0.2, 0) is 14.6 Å². The molecule has 132 valence electrons. The molecule has 0 aromatic rings. The molecule has 2 rings (SSSR count). The van der Waals surface area contributed by atoms with Crippen LogP contribution in [0.4, 0.5) is 4.79 Å². The zero-order chi connectivity index (χ0) is 16.9. The van der Waals surface area contributed by atoms with E-state index in [2.05, 4.69) is 15.5 Å². The van der Waals surface area contributed by atoms with Crippen LogP contribution in [0.25, 0.3) is 0 Å². The maximum Gasteiger partial charge on any atom is 0.314 e. The number of urea groups is 1. The number of amides is 3. The molecular formula is C14H26N4O4S. The van der Waals surface area contributed by atoms with Crippen LogP contribution in [0.3, 0.4) is 0 Å². The quantitative estimate of drug-likeness (QED) is 0.657. The predicted molar refractivity (Wildman–Crippen MR) is 86.9 cm³/mol. The summed E-state index contributed by atoms with van der Waals surface area (Å²) in [7, 11) is -2.89. The van der Waals surface area contributed by atoms with Gasteiger partial charge < -0.3 is 15.5 Å². The molecule has 0 aliphatic carbocycles. The van der Waals surface area contributed by atoms with Crippen LogP contribution >= 0.6 is 0 Å². The standard InChI is InChI=1S/C14H26N4O4S/c1-12(19)18-7-5-17(6-8-18)4-3-15-14(20)16-10-13-2-9-23(21,22)11-13/h13H,2-11H2,1H3,(H2,15,16,20)/t13-/m0/s1. The van der Waals surface area contributed by atoms with Crippen LogP contribution in [0.15, 0.2) is 0 Å². The molecule has 0 radical (unpaired) electrons. The molecule has 0 aromatic carbocycles. The minimum absolute atomic E-state index is 0.0328. The van der Waals surface area contributed by atoms with Crippen molar-refractivity contribution in [1.29, 1.82) is 0 Å². The average molecular weight is 346 g/mol. The summed E-state index contributed by atoms with van der Waals surface area (Å²) >= 11 is 0. The summed E-state index contributed by atoms with van der Waals surface area (Å²) in [4.78, 5) is 27.0. The van der Waals surface area contributed by atoms with Crippen LogP contribution in [0, 0.1) is 5.92 Å². The molecule has 2 aliphatic heterocycles. The molecule has 23 heavy (non-hydrogen) atoms. The SMILES string of the molecule is CC(=O)N1CCN(CCNC(=O)NC[C@@H]2CCS(=O)(=O)C2)CC1. The summed E-state index contributed by atoms with van der Waals surface area (Å²) in [6.07, 6.45) is 0.628. The maximum atomic E-state index is 11.7. The molecule has 0 unspecified atom stereocenters. The molecule has 8 nitrogen and oxygen atoms in total. The third-order valence-electron chi connectivity index (χ3n) is 4.41. The van der Waals surface area contributed by atoms with Gasteiger partial charge in [-0.25, -0.2) is 13.2 Å². The van der Waals surface area contributed by atoms with Gasteiger partial charge in [-0.05, 0) is 12.3 Å². The largest absolute Gasteiger partial charge is 0.340 e. The fraction of sp³-hybridized carbons (Fsp3) is 0.857. The highest BCUT2D eigenvalue weighted by Gasteiger charge is 2.27. The van der Waals surface area contributed by atoms with Gasteiger partial charge in [-0.15, -0.1) is 0 Å². The van der Waals surface area contributed by atoms with E-state index in [9.17, 15) is 18.0 Å². The molecule has 0 aromatic heterocycles. The molecule has 2 fully saturated rings. The van der Waals surface area contributed by atoms with E-state index in [1.807, 2.05) is 4.90 Å². The van der Waals surface area contributed by atoms with Crippen molar-refractivity contribution in [2.75, 3.05) is 57.3 Å². The van der Waals surface area contributed by atoms with Crippen LogP contribution < -0.4 is 10.6 Å². The third kappa shape index (κ3) is 5.98. The van der Waals surface area contributed by atoms with Crippen molar-refractivity contribution in [1.82, 2.24) is 20.4 Å². The first-order valence-electron chi connectivity index (χ1n) is 8.06. The molecule has 0 bridgehead atoms. The van der Waals surface area contributed by atoms with Gasteiger partial charge in [0.15, 0.2) is 9.84 Å². The molecule has 3 amide bonds. The van der Waals surface area contributed by atoms with Crippen molar-refractivity contribution in [3.8, 4) is 0 Å². The lowest BCUT2D eigenvalue weighted by atomic mass is 10.1. The van der Waals surface area contributed by atoms with Gasteiger partial charge >= 0.3 is 6.03 Å². The number of piperazine rings is 1. The number of carbonyl (C=O) groups is 2. The average Bonchev–Trinajstić information content (AvgIpc) is 2.85. The number of hydrogen-bond donors (Lipinski definition) is 2. The fourth-order valence-corrected chi connectivity index (χ4v) is 4.81. The van der Waals surface area contributed by atoms with Crippen molar-refractivity contribution in [2.24, 2.45) is 5.92 Å². The highest BCUT2D eigenvalue weighted by atomic mass is 32.2. The summed E-state index contributed by atoms with van der Waals surface area (Å²) < 4.78 is 22.7. The first-order valence-corrected chi connectivity index (χ1v) is 9.88. The Hall–Kier alpha value is -1.35. The van der Waals surface area contributed by atoms with Crippen LogP contribution in [0.1, 0.15) is 13.3 Å². The topological polar surface area (TPSA) is 98.8 Å². The van der Waals surface area contributed by atoms with Crippen molar-refractivity contribution in [3.05, 3.63) is 0 Å². The normalized spacial score (nSPS) is 24.4. The lowest BCUT2D eigenvalue weighted by molar-refractivity contribution is -0.130. The summed E-state index contributed by atoms with van der Waals surface area (Å²) in [5.41, 5.74) is 0. The Bertz CT molecular complexity index is 529. The van der Waals surface area contributed by atoms with Crippen LogP contribution in [-0.4, -0.2) is 87.5 Å². The minimum atomic E-state index is -2.89. The number of rotatable bonds is 5. The second-order valence-corrected chi connectivity index (χ2v) is 8.48. The van der Waals surface area contributed by atoms with E-state index < -0.39 is 9.84 Å². The van der Waals surface area contributed by atoms with E-state index in [1.165, 1.54) is 0 Å². The number of hydrogen-bond acceptors (Lipinski definition) is 5. The van der Waals surface area contributed by atoms with E-state index in [-0.39, 0.29) is 29.4 Å². The molecule has 2 heterocycles. The van der Waals surface area contributed by atoms with Crippen LogP contribution in [0.5, 0.6) is 0 Å². The zero-order valence-electron chi connectivity index (χ0n) is 13.6. The van der Waals surface area contributed by atoms with Gasteiger partial charge in [0, 0.05) is 52.7 Å². The van der Waals surface area contributed by atoms with E-state index in [0.717, 1.165) is 32.7 Å². The number of carbonyl (C=O) groups excluding carboxylic acids is 2. The van der Waals surface area contributed by atoms with E-state index >= 15 is 0 Å². The van der Waals surface area contributed by atoms with E-state index in [0.29, 0.717) is 19.5 Å². The van der Waals surface area contributed by atoms with Gasteiger partial charge in [0.2, 0.25) is 5.91 Å². The Labute approximate surface area is 137 Å². The van der Waals surface area contributed by atoms with Gasteiger partial charge in [-0.2, -0.15) is 0 Å². The van der Waals surface area contributed by atoms with E-state index in [4.69, 9.17) is 0 Å². The highest BCUT2D eigenvalue weighted by Crippen LogP contribution is 2.17. The van der Waals surface area contributed by atoms with Gasteiger partial charge in [-0.3, -0.25) is 9.69 Å². The molecular weight excluding hydrogens is 320 g/mol. The highest BCUT2D eigenvalue weighted by molar-refractivity contribution is 7.91. The van der Waals surface area contributed by atoms with Gasteiger partial charge in [-0.1, -0.05) is 0 Å².